The van der Waals surface area contributed by atoms with E-state index in [0.717, 1.165) is 6.42 Å². The van der Waals surface area contributed by atoms with Crippen molar-refractivity contribution in [1.82, 2.24) is 19.7 Å². The van der Waals surface area contributed by atoms with Gasteiger partial charge < -0.3 is 15.2 Å². The molecule has 0 aromatic carbocycles. The van der Waals surface area contributed by atoms with Crippen LogP contribution in [0, 0.1) is 18.8 Å². The second kappa shape index (κ2) is 8.20. The lowest BCUT2D eigenvalue weighted by atomic mass is 9.82. The highest BCUT2D eigenvalue weighted by molar-refractivity contribution is 5.94. The van der Waals surface area contributed by atoms with Gasteiger partial charge in [0.15, 0.2) is 0 Å². The van der Waals surface area contributed by atoms with E-state index in [0.29, 0.717) is 30.0 Å². The molecular weight excluding hydrogens is 362 g/mol. The number of anilines is 1. The molecule has 2 aromatic heterocycles. The highest BCUT2D eigenvalue weighted by Crippen LogP contribution is 2.27. The minimum absolute atomic E-state index is 0.194. The predicted molar refractivity (Wildman–Crippen MR) is 99.7 cm³/mol. The summed E-state index contributed by atoms with van der Waals surface area (Å²) >= 11 is 0. The molecule has 0 saturated heterocycles. The number of allylic oxidation sites excluding steroid dienone is 2. The molecule has 9 nitrogen and oxygen atoms in total. The summed E-state index contributed by atoms with van der Waals surface area (Å²) in [5.41, 5.74) is 0.924. The molecule has 1 amide bonds. The third kappa shape index (κ3) is 4.19. The molecule has 148 valence electrons. The summed E-state index contributed by atoms with van der Waals surface area (Å²) in [5, 5.41) is 18.4. The monoisotopic (exact) mass is 384 g/mol. The molecule has 0 saturated carbocycles. The SMILES string of the molecule is CCCc1cc(=O)[nH]c(-n2nc(C)cc2NC(=O)[C@@H]2CC=CC[C@H]2C(=O)[O-])n1. The smallest absolute Gasteiger partial charge is 0.252 e. The van der Waals surface area contributed by atoms with Gasteiger partial charge in [-0.05, 0) is 26.2 Å². The van der Waals surface area contributed by atoms with Crippen LogP contribution in [0.25, 0.3) is 5.95 Å². The second-order valence-electron chi connectivity index (χ2n) is 6.86. The maximum Gasteiger partial charge on any atom is 0.252 e. The zero-order chi connectivity index (χ0) is 20.3. The fraction of sp³-hybridized carbons (Fsp3) is 0.421. The summed E-state index contributed by atoms with van der Waals surface area (Å²) in [7, 11) is 0. The maximum atomic E-state index is 12.7. The van der Waals surface area contributed by atoms with Crippen LogP contribution in [-0.4, -0.2) is 31.6 Å². The Bertz CT molecular complexity index is 975. The molecule has 9 heteroatoms. The van der Waals surface area contributed by atoms with Gasteiger partial charge in [0, 0.05) is 29.7 Å². The second-order valence-corrected chi connectivity index (χ2v) is 6.86. The van der Waals surface area contributed by atoms with Crippen LogP contribution >= 0.6 is 0 Å². The summed E-state index contributed by atoms with van der Waals surface area (Å²) in [6.07, 6.45) is 5.58. The molecule has 0 fully saturated rings. The van der Waals surface area contributed by atoms with Crippen molar-refractivity contribution in [2.75, 3.05) is 5.32 Å². The number of aromatic nitrogens is 4. The number of aromatic amines is 1. The first-order valence-corrected chi connectivity index (χ1v) is 9.23. The van der Waals surface area contributed by atoms with E-state index >= 15 is 0 Å². The van der Waals surface area contributed by atoms with Crippen molar-refractivity contribution in [1.29, 1.82) is 0 Å². The van der Waals surface area contributed by atoms with Gasteiger partial charge in [-0.1, -0.05) is 25.5 Å². The van der Waals surface area contributed by atoms with Gasteiger partial charge in [-0.3, -0.25) is 14.6 Å². The number of carboxylic acid groups (broad SMARTS) is 1. The average molecular weight is 384 g/mol. The summed E-state index contributed by atoms with van der Waals surface area (Å²) < 4.78 is 1.35. The van der Waals surface area contributed by atoms with E-state index in [4.69, 9.17) is 0 Å². The molecule has 2 heterocycles. The van der Waals surface area contributed by atoms with E-state index < -0.39 is 23.7 Å². The van der Waals surface area contributed by atoms with E-state index in [2.05, 4.69) is 20.4 Å². The summed E-state index contributed by atoms with van der Waals surface area (Å²) in [6.45, 7) is 3.73. The summed E-state index contributed by atoms with van der Waals surface area (Å²) in [5.74, 6) is -2.80. The zero-order valence-electron chi connectivity index (χ0n) is 15.8. The van der Waals surface area contributed by atoms with Crippen molar-refractivity contribution in [2.24, 2.45) is 11.8 Å². The van der Waals surface area contributed by atoms with Gasteiger partial charge in [0.25, 0.3) is 5.56 Å². The van der Waals surface area contributed by atoms with Crippen LogP contribution in [0.5, 0.6) is 0 Å². The molecule has 0 aliphatic heterocycles. The Morgan fingerprint density at radius 3 is 2.68 bits per heavy atom. The van der Waals surface area contributed by atoms with Crippen LogP contribution in [0.1, 0.15) is 37.6 Å². The number of nitrogens with zero attached hydrogens (tertiary/aromatic N) is 3. The lowest BCUT2D eigenvalue weighted by Crippen LogP contribution is -2.41. The van der Waals surface area contributed by atoms with Crippen molar-refractivity contribution in [3.05, 3.63) is 46.0 Å². The highest BCUT2D eigenvalue weighted by Gasteiger charge is 2.30. The minimum Gasteiger partial charge on any atom is -0.550 e. The molecular formula is C19H22N5O4-. The van der Waals surface area contributed by atoms with Crippen molar-refractivity contribution in [2.45, 2.75) is 39.5 Å². The number of nitrogens with one attached hydrogen (secondary N) is 2. The Hall–Kier alpha value is -3.23. The zero-order valence-corrected chi connectivity index (χ0v) is 15.8. The van der Waals surface area contributed by atoms with Crippen molar-refractivity contribution >= 4 is 17.7 Å². The van der Waals surface area contributed by atoms with Crippen LogP contribution in [-0.2, 0) is 16.0 Å². The molecule has 2 atom stereocenters. The molecule has 0 unspecified atom stereocenters. The van der Waals surface area contributed by atoms with Gasteiger partial charge in [-0.15, -0.1) is 0 Å². The van der Waals surface area contributed by atoms with Gasteiger partial charge in [0.05, 0.1) is 11.6 Å². The number of aliphatic carboxylic acids is 1. The third-order valence-electron chi connectivity index (χ3n) is 4.64. The number of amides is 1. The van der Waals surface area contributed by atoms with Gasteiger partial charge >= 0.3 is 0 Å². The van der Waals surface area contributed by atoms with Crippen LogP contribution in [0.15, 0.2) is 29.1 Å². The van der Waals surface area contributed by atoms with Crippen LogP contribution in [0.3, 0.4) is 0 Å². The Morgan fingerprint density at radius 1 is 1.29 bits per heavy atom. The lowest BCUT2D eigenvalue weighted by molar-refractivity contribution is -0.313. The largest absolute Gasteiger partial charge is 0.550 e. The first-order chi connectivity index (χ1) is 13.4. The third-order valence-corrected chi connectivity index (χ3v) is 4.64. The number of rotatable bonds is 6. The number of hydrogen-bond acceptors (Lipinski definition) is 6. The van der Waals surface area contributed by atoms with Gasteiger partial charge in [0.1, 0.15) is 5.82 Å². The molecule has 0 spiro atoms. The Balaban J connectivity index is 1.91. The fourth-order valence-corrected chi connectivity index (χ4v) is 3.31. The standard InChI is InChI=1S/C19H23N5O4/c1-3-6-12-10-16(25)22-19(20-12)24-15(9-11(2)23-24)21-17(26)13-7-4-5-8-14(13)18(27)28/h4-5,9-10,13-14H,3,6-8H2,1-2H3,(H,21,26)(H,27,28)(H,20,22,25)/p-1/t13-,14-/m1/s1. The molecule has 0 radical (unpaired) electrons. The Kier molecular flexibility index (Phi) is 5.72. The molecule has 28 heavy (non-hydrogen) atoms. The van der Waals surface area contributed by atoms with Crippen LogP contribution in [0.4, 0.5) is 5.82 Å². The normalized spacial score (nSPS) is 18.8. The molecule has 1 aliphatic carbocycles. The van der Waals surface area contributed by atoms with Crippen molar-refractivity contribution in [3.8, 4) is 5.95 Å². The van der Waals surface area contributed by atoms with Crippen molar-refractivity contribution < 1.29 is 14.7 Å². The summed E-state index contributed by atoms with van der Waals surface area (Å²) in [6, 6.07) is 3.07. The van der Waals surface area contributed by atoms with Gasteiger partial charge in [-0.25, -0.2) is 4.98 Å². The quantitative estimate of drug-likeness (QED) is 0.696. The molecule has 2 N–H and O–H groups in total. The van der Waals surface area contributed by atoms with Crippen LogP contribution in [0.2, 0.25) is 0 Å². The average Bonchev–Trinajstić information content (AvgIpc) is 3.01. The Morgan fingerprint density at radius 2 is 2.00 bits per heavy atom. The molecule has 3 rings (SSSR count). The predicted octanol–water partition coefficient (Wildman–Crippen LogP) is 0.487. The van der Waals surface area contributed by atoms with E-state index in [-0.39, 0.29) is 17.9 Å². The topological polar surface area (TPSA) is 133 Å². The van der Waals surface area contributed by atoms with E-state index in [1.807, 2.05) is 6.92 Å². The fourth-order valence-electron chi connectivity index (χ4n) is 3.31. The first kappa shape index (κ1) is 19.5. The number of hydrogen-bond donors (Lipinski definition) is 2. The molecule has 1 aliphatic rings. The first-order valence-electron chi connectivity index (χ1n) is 9.23. The number of carbonyl (C=O) groups excluding carboxylic acids is 2. The highest BCUT2D eigenvalue weighted by atomic mass is 16.4. The van der Waals surface area contributed by atoms with E-state index in [1.165, 1.54) is 10.7 Å². The number of carboxylic acids is 1. The van der Waals surface area contributed by atoms with Crippen LogP contribution < -0.4 is 16.0 Å². The van der Waals surface area contributed by atoms with Crippen molar-refractivity contribution in [3.63, 3.8) is 0 Å². The summed E-state index contributed by atoms with van der Waals surface area (Å²) in [4.78, 5) is 43.1. The number of carbonyl (C=O) groups is 2. The molecule has 0 bridgehead atoms. The minimum atomic E-state index is -1.24. The van der Waals surface area contributed by atoms with E-state index in [1.54, 1.807) is 25.1 Å². The Labute approximate surface area is 161 Å². The molecule has 2 aromatic rings. The lowest BCUT2D eigenvalue weighted by Gasteiger charge is -2.28. The number of H-pyrrole nitrogens is 1. The van der Waals surface area contributed by atoms with Gasteiger partial charge in [0.2, 0.25) is 11.9 Å². The number of aryl methyl sites for hydroxylation is 2. The van der Waals surface area contributed by atoms with Gasteiger partial charge in [-0.2, -0.15) is 9.78 Å². The van der Waals surface area contributed by atoms with E-state index in [9.17, 15) is 19.5 Å². The maximum absolute atomic E-state index is 12.7.